The van der Waals surface area contributed by atoms with E-state index in [0.29, 0.717) is 0 Å². The summed E-state index contributed by atoms with van der Waals surface area (Å²) in [5, 5.41) is 9.84. The van der Waals surface area contributed by atoms with Gasteiger partial charge >= 0.3 is 46.9 Å². The molecule has 5 heteroatoms. The van der Waals surface area contributed by atoms with E-state index < -0.39 is 6.29 Å². The first-order valence-electron chi connectivity index (χ1n) is 1.98. The fraction of sp³-hybridized carbons (Fsp3) is 1.00. The van der Waals surface area contributed by atoms with Crippen molar-refractivity contribution in [3.05, 3.63) is 0 Å². The molecule has 0 spiro atoms. The molecule has 0 aromatic heterocycles. The van der Waals surface area contributed by atoms with Crippen LogP contribution in [-0.4, -0.2) is 44.5 Å². The van der Waals surface area contributed by atoms with Gasteiger partial charge in [0.1, 0.15) is 6.29 Å². The van der Waals surface area contributed by atoms with Gasteiger partial charge in [-0.1, -0.05) is 6.61 Å². The van der Waals surface area contributed by atoms with E-state index in [1.807, 2.05) is 0 Å². The van der Waals surface area contributed by atoms with Crippen molar-refractivity contribution in [3.8, 4) is 0 Å². The molecule has 0 unspecified atom stereocenters. The first-order valence-corrected chi connectivity index (χ1v) is 1.98. The topological polar surface area (TPSA) is 41.5 Å². The second kappa shape index (κ2) is 12.1. The molecule has 0 bridgehead atoms. The van der Waals surface area contributed by atoms with Gasteiger partial charge in [-0.15, -0.1) is 0 Å². The zero-order valence-electron chi connectivity index (χ0n) is 9.09. The Labute approximate surface area is 92.6 Å². The molecule has 0 aromatic rings. The fourth-order valence-corrected chi connectivity index (χ4v) is 0.232. The molecule has 0 aliphatic carbocycles. The molecule has 0 saturated carbocycles. The SMILES string of the molecule is COC(C[O-])OC.[Al+3].[H-].[H-].[H-].[Na+]. The summed E-state index contributed by atoms with van der Waals surface area (Å²) in [6.45, 7) is -0.340. The normalized spacial score (nSPS) is 8.00. The summed E-state index contributed by atoms with van der Waals surface area (Å²) in [5.41, 5.74) is 0. The van der Waals surface area contributed by atoms with Crippen LogP contribution in [-0.2, 0) is 9.47 Å². The van der Waals surface area contributed by atoms with E-state index >= 15 is 0 Å². The van der Waals surface area contributed by atoms with Gasteiger partial charge in [-0.25, -0.2) is 0 Å². The Morgan fingerprint density at radius 3 is 1.78 bits per heavy atom. The maximum Gasteiger partial charge on any atom is 3.00 e. The van der Waals surface area contributed by atoms with E-state index in [1.165, 1.54) is 14.2 Å². The number of hydrogen-bond donors (Lipinski definition) is 0. The summed E-state index contributed by atoms with van der Waals surface area (Å²) in [7, 11) is 2.87. The van der Waals surface area contributed by atoms with E-state index in [-0.39, 0.29) is 57.8 Å². The number of methoxy groups -OCH3 is 2. The second-order valence-electron chi connectivity index (χ2n) is 1.07. The summed E-state index contributed by atoms with van der Waals surface area (Å²) in [5.74, 6) is 0. The Bertz CT molecular complexity index is 47.0. The van der Waals surface area contributed by atoms with Crippen molar-refractivity contribution in [3.63, 3.8) is 0 Å². The van der Waals surface area contributed by atoms with Gasteiger partial charge in [0.2, 0.25) is 0 Å². The molecule has 3 nitrogen and oxygen atoms in total. The minimum Gasteiger partial charge on any atom is -1.00 e. The van der Waals surface area contributed by atoms with Crippen LogP contribution in [0.15, 0.2) is 0 Å². The molecule has 50 valence electrons. The van der Waals surface area contributed by atoms with Gasteiger partial charge in [0.05, 0.1) is 0 Å². The molecule has 0 rings (SSSR count). The summed E-state index contributed by atoms with van der Waals surface area (Å²) in [4.78, 5) is 0. The van der Waals surface area contributed by atoms with Gasteiger partial charge in [-0.05, 0) is 0 Å². The maximum absolute atomic E-state index is 9.84. The molecule has 0 radical (unpaired) electrons. The molecular weight excluding hydrogens is 146 g/mol. The molecule has 0 saturated heterocycles. The molecule has 0 aromatic carbocycles. The van der Waals surface area contributed by atoms with Crippen molar-refractivity contribution in [1.82, 2.24) is 0 Å². The monoisotopic (exact) mass is 158 g/mol. The third-order valence-electron chi connectivity index (χ3n) is 0.662. The molecule has 0 N–H and O–H groups in total. The Balaban J connectivity index is -0.0000000180. The van der Waals surface area contributed by atoms with Crippen LogP contribution >= 0.6 is 0 Å². The van der Waals surface area contributed by atoms with Crippen LogP contribution in [0.5, 0.6) is 0 Å². The van der Waals surface area contributed by atoms with Crippen molar-refractivity contribution in [1.29, 1.82) is 0 Å². The number of hydrogen-bond acceptors (Lipinski definition) is 3. The van der Waals surface area contributed by atoms with Crippen LogP contribution in [0.1, 0.15) is 4.28 Å². The van der Waals surface area contributed by atoms with Gasteiger partial charge in [0, 0.05) is 14.2 Å². The van der Waals surface area contributed by atoms with Crippen LogP contribution in [0.2, 0.25) is 0 Å². The zero-order valence-corrected chi connectivity index (χ0v) is 9.24. The maximum atomic E-state index is 9.84. The van der Waals surface area contributed by atoms with Crippen LogP contribution < -0.4 is 34.7 Å². The van der Waals surface area contributed by atoms with Gasteiger partial charge in [-0.2, -0.15) is 0 Å². The summed E-state index contributed by atoms with van der Waals surface area (Å²) in [6.07, 6.45) is -0.569. The van der Waals surface area contributed by atoms with E-state index in [1.54, 1.807) is 0 Å². The molecular formula is C4H12AlNaO3. The summed E-state index contributed by atoms with van der Waals surface area (Å²) >= 11 is 0. The molecule has 0 aliphatic rings. The Kier molecular flexibility index (Phi) is 22.6. The Morgan fingerprint density at radius 2 is 1.78 bits per heavy atom. The average molecular weight is 158 g/mol. The van der Waals surface area contributed by atoms with Crippen molar-refractivity contribution >= 4 is 17.4 Å². The fourth-order valence-electron chi connectivity index (χ4n) is 0.232. The number of rotatable bonds is 3. The molecule has 0 fully saturated rings. The molecule has 0 heterocycles. The minimum atomic E-state index is -0.569. The van der Waals surface area contributed by atoms with Crippen LogP contribution in [0.25, 0.3) is 0 Å². The zero-order chi connectivity index (χ0) is 5.70. The van der Waals surface area contributed by atoms with E-state index in [4.69, 9.17) is 0 Å². The van der Waals surface area contributed by atoms with Crippen molar-refractivity contribution in [2.45, 2.75) is 6.29 Å². The predicted octanol–water partition coefficient (Wildman–Crippen LogP) is -4.07. The summed E-state index contributed by atoms with van der Waals surface area (Å²) < 4.78 is 9.03. The third-order valence-corrected chi connectivity index (χ3v) is 0.662. The summed E-state index contributed by atoms with van der Waals surface area (Å²) in [6, 6.07) is 0. The molecule has 0 amide bonds. The van der Waals surface area contributed by atoms with E-state index in [0.717, 1.165) is 0 Å². The third kappa shape index (κ3) is 9.41. The molecule has 9 heavy (non-hydrogen) atoms. The first-order chi connectivity index (χ1) is 3.35. The van der Waals surface area contributed by atoms with Gasteiger partial charge in [-0.3, -0.25) is 0 Å². The van der Waals surface area contributed by atoms with Crippen LogP contribution in [0.4, 0.5) is 0 Å². The number of ether oxygens (including phenoxy) is 2. The average Bonchev–Trinajstić information content (AvgIpc) is 1.72. The predicted molar refractivity (Wildman–Crippen MR) is 31.8 cm³/mol. The van der Waals surface area contributed by atoms with Crippen molar-refractivity contribution < 1.29 is 48.4 Å². The quantitative estimate of drug-likeness (QED) is 0.310. The van der Waals surface area contributed by atoms with E-state index in [9.17, 15) is 5.11 Å². The minimum absolute atomic E-state index is 0. The Hall–Kier alpha value is 1.41. The second-order valence-corrected chi connectivity index (χ2v) is 1.07. The largest absolute Gasteiger partial charge is 3.00 e. The van der Waals surface area contributed by atoms with Crippen LogP contribution in [0, 0.1) is 0 Å². The Morgan fingerprint density at radius 1 is 1.44 bits per heavy atom. The first kappa shape index (κ1) is 16.8. The molecule has 0 atom stereocenters. The van der Waals surface area contributed by atoms with Crippen molar-refractivity contribution in [2.24, 2.45) is 0 Å². The van der Waals surface area contributed by atoms with Gasteiger partial charge in [0.15, 0.2) is 0 Å². The standard InChI is InChI=1S/C4H9O3.Al.Na.3H/c1-6-4(3-5)7-2;;;;;/h4H,3H2,1-2H3;;;;;/q-1;+3;+1;3*-1. The van der Waals surface area contributed by atoms with Gasteiger partial charge < -0.3 is 18.9 Å². The van der Waals surface area contributed by atoms with Crippen molar-refractivity contribution in [2.75, 3.05) is 20.8 Å². The smallest absolute Gasteiger partial charge is 1.00 e. The van der Waals surface area contributed by atoms with Crippen LogP contribution in [0.3, 0.4) is 0 Å². The van der Waals surface area contributed by atoms with E-state index in [2.05, 4.69) is 9.47 Å². The molecule has 0 aliphatic heterocycles. The van der Waals surface area contributed by atoms with Gasteiger partial charge in [0.25, 0.3) is 0 Å².